The van der Waals surface area contributed by atoms with Crippen LogP contribution in [0.4, 0.5) is 0 Å². The summed E-state index contributed by atoms with van der Waals surface area (Å²) in [5.41, 5.74) is -5.06. The number of aliphatic hydroxyl groups is 2. The van der Waals surface area contributed by atoms with Crippen molar-refractivity contribution in [3.05, 3.63) is 37.0 Å². The van der Waals surface area contributed by atoms with Crippen molar-refractivity contribution in [3.8, 4) is 0 Å². The molecule has 0 aromatic heterocycles. The molecule has 11 aliphatic rings. The van der Waals surface area contributed by atoms with Gasteiger partial charge in [-0.05, 0) is 84.6 Å². The number of ether oxygens (including phenoxy) is 11. The van der Waals surface area contributed by atoms with Crippen LogP contribution in [-0.4, -0.2) is 199 Å². The number of rotatable bonds is 12. The van der Waals surface area contributed by atoms with Gasteiger partial charge in [-0.1, -0.05) is 31.7 Å². The summed E-state index contributed by atoms with van der Waals surface area (Å²) in [5, 5.41) is 35.7. The van der Waals surface area contributed by atoms with E-state index >= 15 is 0 Å². The summed E-state index contributed by atoms with van der Waals surface area (Å²) >= 11 is 0. The van der Waals surface area contributed by atoms with Crippen molar-refractivity contribution >= 4 is 26.8 Å². The van der Waals surface area contributed by atoms with Crippen molar-refractivity contribution in [3.63, 3.8) is 0 Å². The van der Waals surface area contributed by atoms with Crippen molar-refractivity contribution in [2.24, 2.45) is 11.8 Å². The van der Waals surface area contributed by atoms with Crippen molar-refractivity contribution in [1.29, 1.82) is 0 Å². The minimum Gasteiger partial charge on any atom is -0.726 e. The van der Waals surface area contributed by atoms with E-state index in [9.17, 15) is 46.1 Å². The van der Waals surface area contributed by atoms with Gasteiger partial charge in [0.25, 0.3) is 0 Å². The van der Waals surface area contributed by atoms with Crippen LogP contribution in [0.2, 0.25) is 0 Å². The number of hydrogen-bond donors (Lipinski definition) is 3. The summed E-state index contributed by atoms with van der Waals surface area (Å²) in [6.45, 7) is 18.6. The number of carbonyl (C=O) groups is 1. The van der Waals surface area contributed by atoms with Gasteiger partial charge in [0.05, 0.1) is 121 Å². The SMILES string of the molecule is C=CC[C@H](/C=C/[C@@](C)(O)[C@H]1O[C@@H]2C[C@@H]3O[C@@H]4C[C@@H]5O[C@@H]6C[C@@H]7O[C@@H]8C[C@@H]9O[C@@H]%10C[C@@H]%11O[C@](C)(CCOS(=O)(=O)[O-])[C@@H](OS(=O)(=O)O)C[C@H]%11O[C@H]%10C[C@H]9O[C@H]8CC[C@@]7(C)O[C@@]6(C)CC[C@H](C)[C@H]5O[C@H]4[C@@H](O)[C@@]3(C)O[C@H]2CC1=C)C(=O)[O-].[Na+].[Na+]. The quantitative estimate of drug-likeness (QED) is 0.0740. The molecule has 3 N–H and O–H groups in total. The first kappa shape index (κ1) is 66.3. The topological polar surface area (TPSA) is 312 Å². The van der Waals surface area contributed by atoms with Crippen LogP contribution in [0.1, 0.15) is 131 Å². The van der Waals surface area contributed by atoms with E-state index in [1.165, 1.54) is 25.2 Å². The molecule has 0 aromatic carbocycles. The van der Waals surface area contributed by atoms with E-state index in [1.807, 2.05) is 6.92 Å². The third kappa shape index (κ3) is 13.2. The van der Waals surface area contributed by atoms with E-state index in [4.69, 9.17) is 56.3 Å². The van der Waals surface area contributed by atoms with Gasteiger partial charge in [-0.15, -0.1) is 6.58 Å². The number of carboxylic acid groups (broad SMARTS) is 1. The molecule has 0 amide bonds. The molecule has 0 spiro atoms. The molecule has 11 heterocycles. The van der Waals surface area contributed by atoms with Gasteiger partial charge < -0.3 is 76.8 Å². The zero-order valence-electron chi connectivity index (χ0n) is 48.3. The van der Waals surface area contributed by atoms with Gasteiger partial charge in [-0.3, -0.25) is 8.74 Å². The van der Waals surface area contributed by atoms with E-state index in [0.717, 1.165) is 6.42 Å². The molecule has 0 aliphatic carbocycles. The maximum atomic E-state index is 12.3. The van der Waals surface area contributed by atoms with E-state index < -0.39 is 153 Å². The second-order valence-electron chi connectivity index (χ2n) is 25.8. The molecule has 11 rings (SSSR count). The molecule has 0 bridgehead atoms. The second kappa shape index (κ2) is 24.6. The van der Waals surface area contributed by atoms with E-state index in [-0.39, 0.29) is 121 Å². The smallest absolute Gasteiger partial charge is 0.726 e. The molecule has 27 heteroatoms. The monoisotopic (exact) mass is 1220 g/mol. The van der Waals surface area contributed by atoms with Crippen LogP contribution >= 0.6 is 0 Å². The number of aliphatic hydroxyl groups excluding tert-OH is 1. The third-order valence-electron chi connectivity index (χ3n) is 20.0. The Balaban J connectivity index is 0.00000405. The molecule has 23 nitrogen and oxygen atoms in total. The zero-order chi connectivity index (χ0) is 57.3. The zero-order valence-corrected chi connectivity index (χ0v) is 53.9. The Morgan fingerprint density at radius 1 is 0.744 bits per heavy atom. The first-order chi connectivity index (χ1) is 37.4. The average Bonchev–Trinajstić information content (AvgIpc) is 3.55. The van der Waals surface area contributed by atoms with Gasteiger partial charge in [-0.2, -0.15) is 8.42 Å². The summed E-state index contributed by atoms with van der Waals surface area (Å²) in [6.07, 6.45) is -1.20. The molecule has 452 valence electrons. The fraction of sp³-hybridized carbons (Fsp3) is 0.873. The van der Waals surface area contributed by atoms with Gasteiger partial charge >= 0.3 is 69.5 Å². The number of hydrogen-bond acceptors (Lipinski definition) is 22. The molecule has 0 unspecified atom stereocenters. The van der Waals surface area contributed by atoms with Crippen LogP contribution in [0.3, 0.4) is 0 Å². The van der Waals surface area contributed by atoms with Gasteiger partial charge in [0.15, 0.2) is 0 Å². The van der Waals surface area contributed by atoms with Gasteiger partial charge in [0.2, 0.25) is 10.4 Å². The Hall–Kier alpha value is -0.0900. The maximum absolute atomic E-state index is 12.3. The van der Waals surface area contributed by atoms with Crippen molar-refractivity contribution in [2.45, 2.75) is 282 Å². The van der Waals surface area contributed by atoms with Crippen LogP contribution in [0.15, 0.2) is 37.0 Å². The van der Waals surface area contributed by atoms with Crippen LogP contribution in [0, 0.1) is 11.8 Å². The molecule has 11 saturated heterocycles. The Morgan fingerprint density at radius 3 is 1.91 bits per heavy atom. The van der Waals surface area contributed by atoms with Gasteiger partial charge in [-0.25, -0.2) is 12.6 Å². The van der Waals surface area contributed by atoms with Gasteiger partial charge in [0, 0.05) is 63.3 Å². The number of allylic oxidation sites excluding steroid dienone is 1. The Kier molecular flexibility index (Phi) is 19.9. The fourth-order valence-corrected chi connectivity index (χ4v) is 16.4. The first-order valence-corrected chi connectivity index (χ1v) is 31.3. The molecule has 82 heavy (non-hydrogen) atoms. The summed E-state index contributed by atoms with van der Waals surface area (Å²) in [5.74, 6) is -2.23. The molecule has 11 aliphatic heterocycles. The third-order valence-corrected chi connectivity index (χ3v) is 20.9. The molecule has 0 radical (unpaired) electrons. The molecule has 11 fully saturated rings. The fourth-order valence-electron chi connectivity index (χ4n) is 15.5. The summed E-state index contributed by atoms with van der Waals surface area (Å²) in [4.78, 5) is 11.7. The maximum Gasteiger partial charge on any atom is 1.00 e. The number of carbonyl (C=O) groups excluding carboxylic acids is 1. The Labute approximate surface area is 525 Å². The molecule has 0 aromatic rings. The van der Waals surface area contributed by atoms with E-state index in [0.29, 0.717) is 69.8 Å². The van der Waals surface area contributed by atoms with Crippen molar-refractivity contribution < 1.29 is 166 Å². The van der Waals surface area contributed by atoms with E-state index in [1.54, 1.807) is 6.92 Å². The first-order valence-electron chi connectivity index (χ1n) is 28.6. The summed E-state index contributed by atoms with van der Waals surface area (Å²) in [6, 6.07) is 0. The minimum absolute atomic E-state index is 0. The van der Waals surface area contributed by atoms with Crippen molar-refractivity contribution in [1.82, 2.24) is 0 Å². The minimum atomic E-state index is -5.05. The predicted octanol–water partition coefficient (Wildman–Crippen LogP) is -3.47. The number of carboxylic acids is 1. The molecular weight excluding hydrogens is 1140 g/mol. The molecular formula is C55H80Na2O23S2. The molecule has 27 atom stereocenters. The van der Waals surface area contributed by atoms with Crippen LogP contribution in [0.5, 0.6) is 0 Å². The molecule has 0 saturated carbocycles. The van der Waals surface area contributed by atoms with Gasteiger partial charge in [0.1, 0.15) is 35.6 Å². The summed E-state index contributed by atoms with van der Waals surface area (Å²) < 4.78 is 152. The average molecular weight is 1220 g/mol. The standard InChI is InChI=1S/C55H82O23S2.2Na/c1-9-10-29(50(57)58)12-14-51(4,59)49-28(3)19-38-37(73-49)25-45-55(8,76-38)48(56)47-41(72-45)23-40-46(74-47)27(2)11-15-53(6)43(71-40)26-42-54(7,78-53)16-13-30-31(70-42)20-33-32(67-30)21-34-35(68-33)22-39-36(69-34)24-44(77-80(63,64)65)52(5,75-39)17-18-66-79(60,61)62;;/h9,12,14,27,29-49,56,59H,1,3,10-11,13,15-26H2,2,4-8H3,(H,57,58)(H,60,61,62)(H,63,64,65);;/q;2*+1/p-2/b14-12+;;/t27-,29+,30-,31+,32+,33-,34-,35+,36+,37+,38-,39-,40-,41+,42-,43+,44-,45-,46+,47+,48+,49-,51+,52+,53-,54+,55-;;/m0../s1. The Bertz CT molecular complexity index is 2620. The summed E-state index contributed by atoms with van der Waals surface area (Å²) in [7, 11) is -10.0. The largest absolute Gasteiger partial charge is 1.00 e. The Morgan fingerprint density at radius 2 is 1.29 bits per heavy atom. The number of fused-ring (bicyclic) bond motifs is 10. The van der Waals surface area contributed by atoms with Crippen LogP contribution in [-0.2, 0) is 86.1 Å². The van der Waals surface area contributed by atoms with Crippen molar-refractivity contribution in [2.75, 3.05) is 6.61 Å². The van der Waals surface area contributed by atoms with Crippen LogP contribution in [0.25, 0.3) is 0 Å². The van der Waals surface area contributed by atoms with Crippen LogP contribution < -0.4 is 64.2 Å². The second-order valence-corrected chi connectivity index (χ2v) is 27.9. The predicted molar refractivity (Wildman–Crippen MR) is 273 cm³/mol. The van der Waals surface area contributed by atoms with E-state index in [2.05, 4.69) is 38.1 Å². The normalized spacial score (nSPS) is 49.2. The number of aliphatic carboxylic acids is 1.